The molecule has 2 atom stereocenters. The van der Waals surface area contributed by atoms with Gasteiger partial charge in [-0.25, -0.2) is 0 Å². The van der Waals surface area contributed by atoms with Crippen LogP contribution in [-0.4, -0.2) is 82.3 Å². The quantitative estimate of drug-likeness (QED) is 0.0195. The number of rotatable bonds is 68. The van der Waals surface area contributed by atoms with Crippen LogP contribution in [0.2, 0.25) is 0 Å². The fourth-order valence-electron chi connectivity index (χ4n) is 10.2. The molecule has 0 spiro atoms. The third-order valence-electron chi connectivity index (χ3n) is 15.9. The molecule has 9 nitrogen and oxygen atoms in total. The molecule has 0 saturated carbocycles. The van der Waals surface area contributed by atoms with E-state index in [1.807, 2.05) is 21.1 Å². The number of quaternary nitrogens is 1. The van der Waals surface area contributed by atoms with Crippen LogP contribution in [0.5, 0.6) is 0 Å². The number of carboxylic acid groups (broad SMARTS) is 1. The van der Waals surface area contributed by atoms with Gasteiger partial charge in [0.15, 0.2) is 12.4 Å². The molecular formula is C83H139NO8. The Morgan fingerprint density at radius 2 is 0.620 bits per heavy atom. The van der Waals surface area contributed by atoms with Crippen molar-refractivity contribution in [3.8, 4) is 0 Å². The van der Waals surface area contributed by atoms with Crippen LogP contribution in [0.25, 0.3) is 0 Å². The second-order valence-corrected chi connectivity index (χ2v) is 25.9. The molecule has 0 aliphatic heterocycles. The number of carbonyl (C=O) groups excluding carboxylic acids is 3. The van der Waals surface area contributed by atoms with E-state index >= 15 is 0 Å². The van der Waals surface area contributed by atoms with Crippen LogP contribution < -0.4 is 5.11 Å². The van der Waals surface area contributed by atoms with E-state index in [-0.39, 0.29) is 38.6 Å². The lowest BCUT2D eigenvalue weighted by atomic mass is 10.0. The van der Waals surface area contributed by atoms with Gasteiger partial charge >= 0.3 is 11.9 Å². The smallest absolute Gasteiger partial charge is 0.306 e. The number of esters is 2. The van der Waals surface area contributed by atoms with Gasteiger partial charge in [-0.2, -0.15) is 0 Å². The van der Waals surface area contributed by atoms with E-state index in [2.05, 4.69) is 160 Å². The minimum atomic E-state index is -1.64. The van der Waals surface area contributed by atoms with Crippen molar-refractivity contribution < 1.29 is 42.9 Å². The summed E-state index contributed by atoms with van der Waals surface area (Å²) in [5.41, 5.74) is 0. The molecule has 0 heterocycles. The summed E-state index contributed by atoms with van der Waals surface area (Å²) in [5, 5.41) is 11.8. The molecule has 0 aromatic rings. The summed E-state index contributed by atoms with van der Waals surface area (Å²) >= 11 is 0. The van der Waals surface area contributed by atoms with Crippen molar-refractivity contribution in [1.29, 1.82) is 0 Å². The van der Waals surface area contributed by atoms with Gasteiger partial charge in [-0.05, 0) is 103 Å². The molecule has 2 unspecified atom stereocenters. The third-order valence-corrected chi connectivity index (χ3v) is 15.9. The Hall–Kier alpha value is -4.83. The fourth-order valence-corrected chi connectivity index (χ4v) is 10.2. The first-order valence-electron chi connectivity index (χ1n) is 37.5. The van der Waals surface area contributed by atoms with Crippen LogP contribution in [0.3, 0.4) is 0 Å². The minimum Gasteiger partial charge on any atom is -0.545 e. The predicted molar refractivity (Wildman–Crippen MR) is 393 cm³/mol. The predicted octanol–water partition coefficient (Wildman–Crippen LogP) is 22.5. The molecule has 524 valence electrons. The zero-order chi connectivity index (χ0) is 66.8. The first kappa shape index (κ1) is 87.2. The molecule has 0 fully saturated rings. The zero-order valence-electron chi connectivity index (χ0n) is 59.9. The highest BCUT2D eigenvalue weighted by atomic mass is 16.7. The van der Waals surface area contributed by atoms with Crippen molar-refractivity contribution >= 4 is 17.9 Å². The van der Waals surface area contributed by atoms with Crippen LogP contribution in [0.1, 0.15) is 303 Å². The highest BCUT2D eigenvalue weighted by molar-refractivity contribution is 5.70. The molecule has 0 aliphatic rings. The van der Waals surface area contributed by atoms with Crippen LogP contribution in [-0.2, 0) is 33.3 Å². The second-order valence-electron chi connectivity index (χ2n) is 25.9. The van der Waals surface area contributed by atoms with Crippen LogP contribution >= 0.6 is 0 Å². The van der Waals surface area contributed by atoms with Gasteiger partial charge in [-0.1, -0.05) is 333 Å². The lowest BCUT2D eigenvalue weighted by Crippen LogP contribution is -2.44. The number of unbranched alkanes of at least 4 members (excludes halogenated alkanes) is 29. The zero-order valence-corrected chi connectivity index (χ0v) is 59.9. The molecule has 0 rings (SSSR count). The number of ether oxygens (including phenoxy) is 4. The maximum Gasteiger partial charge on any atom is 0.306 e. The maximum atomic E-state index is 12.9. The van der Waals surface area contributed by atoms with Crippen molar-refractivity contribution in [2.24, 2.45) is 0 Å². The van der Waals surface area contributed by atoms with Gasteiger partial charge < -0.3 is 33.3 Å². The van der Waals surface area contributed by atoms with Crippen molar-refractivity contribution in [1.82, 2.24) is 0 Å². The SMILES string of the molecule is CC/C=C\C/C=C\C/C=C\C/C=C\C/C=C\C/C=C\C/C=C\C/C=C\C/C=C\C/C=C\C/C=C\C/C=C\CCCCCCC(=O)OC(COC(=O)CCCCCCCCCCCCCCCCCCCCCCCCCCCC)COC(OCC[N+](C)(C)C)C(=O)[O-]. The summed E-state index contributed by atoms with van der Waals surface area (Å²) in [7, 11) is 5.92. The Labute approximate surface area is 566 Å². The van der Waals surface area contributed by atoms with Gasteiger partial charge in [0.1, 0.15) is 13.2 Å². The average molecular weight is 1280 g/mol. The van der Waals surface area contributed by atoms with Gasteiger partial charge in [0, 0.05) is 12.8 Å². The lowest BCUT2D eigenvalue weighted by Gasteiger charge is -2.26. The molecular weight excluding hydrogens is 1140 g/mol. The van der Waals surface area contributed by atoms with Gasteiger partial charge in [-0.3, -0.25) is 9.59 Å². The van der Waals surface area contributed by atoms with Crippen molar-refractivity contribution in [3.05, 3.63) is 146 Å². The maximum absolute atomic E-state index is 12.9. The molecule has 0 amide bonds. The molecule has 0 aliphatic carbocycles. The molecule has 9 heteroatoms. The first-order valence-corrected chi connectivity index (χ1v) is 37.5. The van der Waals surface area contributed by atoms with Crippen molar-refractivity contribution in [2.45, 2.75) is 315 Å². The van der Waals surface area contributed by atoms with E-state index < -0.39 is 24.3 Å². The molecule has 0 aromatic heterocycles. The summed E-state index contributed by atoms with van der Waals surface area (Å²) in [5.74, 6) is -2.32. The van der Waals surface area contributed by atoms with E-state index in [4.69, 9.17) is 18.9 Å². The standard InChI is InChI=1S/C83H139NO8/c1-6-8-10-12-14-16-18-20-22-24-26-28-30-32-34-35-36-37-38-39-40-41-42-43-44-45-46-47-48-50-52-54-56-58-60-62-64-66-68-70-72-74-81(86)92-79(78-91-83(82(87)88)89-76-75-84(3,4)5)77-90-80(85)73-71-69-67-65-63-61-59-57-55-53-51-49-33-31-29-27-25-23-21-19-17-15-13-11-9-7-2/h8,10,14,16,20,22,26,28,32,34,36-37,39-40,42-43,45-46,48,50,54,56,60,62,79,83H,6-7,9,11-13,15,17-19,21,23-25,27,29-31,33,35,38,41,44,47,49,51-53,55,57-59,61,63-78H2,1-5H3/b10-8-,16-14-,22-20-,28-26-,34-32-,37-36-,40-39-,43-42-,46-45-,50-48-,56-54-,62-60-. The van der Waals surface area contributed by atoms with E-state index in [0.717, 1.165) is 122 Å². The lowest BCUT2D eigenvalue weighted by molar-refractivity contribution is -0.870. The largest absolute Gasteiger partial charge is 0.545 e. The van der Waals surface area contributed by atoms with Gasteiger partial charge in [-0.15, -0.1) is 0 Å². The number of aliphatic carboxylic acids is 1. The van der Waals surface area contributed by atoms with E-state index in [9.17, 15) is 19.5 Å². The number of hydrogen-bond acceptors (Lipinski definition) is 8. The fraction of sp³-hybridized carbons (Fsp3) is 0.675. The molecule has 0 saturated heterocycles. The Morgan fingerprint density at radius 3 is 0.924 bits per heavy atom. The van der Waals surface area contributed by atoms with Crippen molar-refractivity contribution in [2.75, 3.05) is 47.5 Å². The highest BCUT2D eigenvalue weighted by Crippen LogP contribution is 2.17. The first-order chi connectivity index (χ1) is 45.1. The number of carbonyl (C=O) groups is 3. The van der Waals surface area contributed by atoms with Crippen LogP contribution in [0, 0.1) is 0 Å². The molecule has 92 heavy (non-hydrogen) atoms. The van der Waals surface area contributed by atoms with Gasteiger partial charge in [0.25, 0.3) is 0 Å². The Kier molecular flexibility index (Phi) is 68.2. The normalized spacial score (nSPS) is 13.5. The molecule has 0 radical (unpaired) electrons. The summed E-state index contributed by atoms with van der Waals surface area (Å²) in [6.45, 7) is 4.63. The van der Waals surface area contributed by atoms with E-state index in [1.54, 1.807) is 0 Å². The monoisotopic (exact) mass is 1280 g/mol. The average Bonchev–Trinajstić information content (AvgIpc) is 3.70. The number of carboxylic acids is 1. The van der Waals surface area contributed by atoms with Crippen molar-refractivity contribution in [3.63, 3.8) is 0 Å². The summed E-state index contributed by atoms with van der Waals surface area (Å²) < 4.78 is 22.8. The summed E-state index contributed by atoms with van der Waals surface area (Å²) in [6, 6.07) is 0. The van der Waals surface area contributed by atoms with Gasteiger partial charge in [0.2, 0.25) is 0 Å². The number of nitrogens with zero attached hydrogens (tertiary/aromatic N) is 1. The molecule has 0 N–H and O–H groups in total. The highest BCUT2D eigenvalue weighted by Gasteiger charge is 2.22. The summed E-state index contributed by atoms with van der Waals surface area (Å²) in [6.07, 6.45) is 102. The Balaban J connectivity index is 4.19. The Morgan fingerprint density at radius 1 is 0.337 bits per heavy atom. The Bertz CT molecular complexity index is 2030. The van der Waals surface area contributed by atoms with Gasteiger partial charge in [0.05, 0.1) is 40.3 Å². The third kappa shape index (κ3) is 72.6. The topological polar surface area (TPSA) is 111 Å². The van der Waals surface area contributed by atoms with Crippen LogP contribution in [0.4, 0.5) is 0 Å². The number of likely N-dealkylation sites (N-methyl/N-ethyl adjacent to an activating group) is 1. The van der Waals surface area contributed by atoms with E-state index in [1.165, 1.54) is 148 Å². The minimum absolute atomic E-state index is 0.137. The summed E-state index contributed by atoms with van der Waals surface area (Å²) in [4.78, 5) is 37.5. The number of hydrogen-bond donors (Lipinski definition) is 0. The van der Waals surface area contributed by atoms with E-state index in [0.29, 0.717) is 17.4 Å². The number of allylic oxidation sites excluding steroid dienone is 24. The molecule has 0 bridgehead atoms. The second kappa shape index (κ2) is 72.0. The molecule has 0 aromatic carbocycles. The van der Waals surface area contributed by atoms with Crippen LogP contribution in [0.15, 0.2) is 146 Å².